The SMILES string of the molecule is O=P(c1ccccc1)(c1ccccc1C1=N[C@@H](c2ccccc2)CO1)c1ccccc1C1=N[C@@H](c2ccccc2)CO1. The molecule has 0 spiro atoms. The van der Waals surface area contributed by atoms with Crippen LogP contribution in [0, 0.1) is 0 Å². The molecule has 0 bridgehead atoms. The third-order valence-corrected chi connectivity index (χ3v) is 10.9. The van der Waals surface area contributed by atoms with Gasteiger partial charge in [-0.2, -0.15) is 0 Å². The molecule has 0 amide bonds. The summed E-state index contributed by atoms with van der Waals surface area (Å²) in [5, 5.41) is 2.07. The van der Waals surface area contributed by atoms with E-state index in [4.69, 9.17) is 19.5 Å². The molecule has 0 unspecified atom stereocenters. The van der Waals surface area contributed by atoms with Gasteiger partial charge in [0.15, 0.2) is 7.14 Å². The fourth-order valence-electron chi connectivity index (χ4n) is 5.64. The second kappa shape index (κ2) is 11.3. The molecule has 5 aromatic carbocycles. The van der Waals surface area contributed by atoms with E-state index in [0.29, 0.717) is 35.6 Å². The minimum absolute atomic E-state index is 0.117. The number of nitrogens with zero attached hydrogens (tertiary/aromatic N) is 2. The molecular formula is C36H29N2O3P. The lowest BCUT2D eigenvalue weighted by atomic mass is 10.1. The summed E-state index contributed by atoms with van der Waals surface area (Å²) in [7, 11) is -3.46. The zero-order chi connectivity index (χ0) is 28.4. The normalized spacial score (nSPS) is 18.1. The first kappa shape index (κ1) is 26.2. The predicted octanol–water partition coefficient (Wildman–Crippen LogP) is 6.36. The summed E-state index contributed by atoms with van der Waals surface area (Å²) in [4.78, 5) is 9.92. The van der Waals surface area contributed by atoms with Crippen molar-refractivity contribution in [2.75, 3.05) is 13.2 Å². The zero-order valence-corrected chi connectivity index (χ0v) is 23.8. The first-order chi connectivity index (χ1) is 20.7. The highest BCUT2D eigenvalue weighted by atomic mass is 31.2. The minimum atomic E-state index is -3.46. The van der Waals surface area contributed by atoms with Gasteiger partial charge in [0.2, 0.25) is 11.8 Å². The van der Waals surface area contributed by atoms with Gasteiger partial charge in [0.25, 0.3) is 0 Å². The Labute approximate surface area is 245 Å². The molecule has 0 aliphatic carbocycles. The van der Waals surface area contributed by atoms with E-state index >= 15 is 4.57 Å². The molecule has 42 heavy (non-hydrogen) atoms. The van der Waals surface area contributed by atoms with E-state index in [1.54, 1.807) is 0 Å². The highest BCUT2D eigenvalue weighted by Gasteiger charge is 2.38. The maximum absolute atomic E-state index is 15.9. The largest absolute Gasteiger partial charge is 0.475 e. The van der Waals surface area contributed by atoms with Crippen molar-refractivity contribution in [3.8, 4) is 0 Å². The molecule has 6 heteroatoms. The molecular weight excluding hydrogens is 539 g/mol. The average Bonchev–Trinajstić information content (AvgIpc) is 3.77. The van der Waals surface area contributed by atoms with Crippen molar-refractivity contribution in [1.29, 1.82) is 0 Å². The van der Waals surface area contributed by atoms with E-state index in [-0.39, 0.29) is 12.1 Å². The van der Waals surface area contributed by atoms with Crippen LogP contribution in [-0.4, -0.2) is 25.0 Å². The quantitative estimate of drug-likeness (QED) is 0.215. The van der Waals surface area contributed by atoms with Crippen molar-refractivity contribution in [2.45, 2.75) is 12.1 Å². The van der Waals surface area contributed by atoms with Crippen LogP contribution in [0.5, 0.6) is 0 Å². The summed E-state index contributed by atoms with van der Waals surface area (Å²) in [5.74, 6) is 1.01. The molecule has 5 aromatic rings. The molecule has 7 rings (SSSR count). The molecule has 0 saturated carbocycles. The molecule has 0 saturated heterocycles. The van der Waals surface area contributed by atoms with E-state index in [1.165, 1.54) is 0 Å². The van der Waals surface area contributed by atoms with Crippen LogP contribution in [0.4, 0.5) is 0 Å². The van der Waals surface area contributed by atoms with E-state index < -0.39 is 7.14 Å². The highest BCUT2D eigenvalue weighted by Crippen LogP contribution is 2.45. The molecule has 0 N–H and O–H groups in total. The van der Waals surface area contributed by atoms with Crippen LogP contribution in [0.1, 0.15) is 34.3 Å². The standard InChI is InChI=1S/C36H29N2O3P/c39-42(28-18-8-3-9-19-28,33-22-12-10-20-29(33)35-37-31(24-40-35)26-14-4-1-5-15-26)34-23-13-11-21-30(34)36-38-32(25-41-36)27-16-6-2-7-17-27/h1-23,31-32H,24-25H2/t31-,32-/m1/s1. The Morgan fingerprint density at radius 3 is 1.33 bits per heavy atom. The Balaban J connectivity index is 1.37. The van der Waals surface area contributed by atoms with E-state index in [2.05, 4.69) is 24.3 Å². The van der Waals surface area contributed by atoms with Crippen LogP contribution in [0.3, 0.4) is 0 Å². The molecule has 0 fully saturated rings. The summed E-state index contributed by atoms with van der Waals surface area (Å²) in [6.45, 7) is 0.872. The smallest absolute Gasteiger partial charge is 0.217 e. The van der Waals surface area contributed by atoms with Gasteiger partial charge in [-0.05, 0) is 23.3 Å². The van der Waals surface area contributed by atoms with Gasteiger partial charge in [0.1, 0.15) is 25.3 Å². The van der Waals surface area contributed by atoms with E-state index in [1.807, 2.05) is 115 Å². The molecule has 2 aliphatic rings. The van der Waals surface area contributed by atoms with Gasteiger partial charge in [-0.15, -0.1) is 0 Å². The van der Waals surface area contributed by atoms with Crippen molar-refractivity contribution >= 4 is 34.9 Å². The maximum Gasteiger partial charge on any atom is 0.217 e. The fourth-order valence-corrected chi connectivity index (χ4v) is 8.66. The first-order valence-electron chi connectivity index (χ1n) is 14.1. The van der Waals surface area contributed by atoms with E-state index in [0.717, 1.165) is 27.6 Å². The number of ether oxygens (including phenoxy) is 2. The van der Waals surface area contributed by atoms with E-state index in [9.17, 15) is 0 Å². The average molecular weight is 569 g/mol. The molecule has 2 aliphatic heterocycles. The molecule has 2 atom stereocenters. The lowest BCUT2D eigenvalue weighted by Crippen LogP contribution is -2.32. The third kappa shape index (κ3) is 4.76. The van der Waals surface area contributed by atoms with Gasteiger partial charge in [-0.25, -0.2) is 9.98 Å². The van der Waals surface area contributed by atoms with Crippen LogP contribution >= 0.6 is 7.14 Å². The van der Waals surface area contributed by atoms with Gasteiger partial charge in [0, 0.05) is 27.0 Å². The Hall–Kier alpha value is -4.73. The highest BCUT2D eigenvalue weighted by molar-refractivity contribution is 7.85. The Morgan fingerprint density at radius 2 is 0.881 bits per heavy atom. The maximum atomic E-state index is 15.9. The summed E-state index contributed by atoms with van der Waals surface area (Å²) < 4.78 is 28.2. The number of rotatable bonds is 7. The lowest BCUT2D eigenvalue weighted by Gasteiger charge is -2.24. The molecule has 206 valence electrons. The van der Waals surface area contributed by atoms with Crippen LogP contribution in [0.25, 0.3) is 0 Å². The molecule has 2 heterocycles. The summed E-state index contributed by atoms with van der Waals surface area (Å²) >= 11 is 0. The van der Waals surface area contributed by atoms with Crippen LogP contribution in [0.15, 0.2) is 150 Å². The predicted molar refractivity (Wildman–Crippen MR) is 169 cm³/mol. The number of benzene rings is 5. The van der Waals surface area contributed by atoms with Gasteiger partial charge in [0.05, 0.1) is 0 Å². The van der Waals surface area contributed by atoms with Gasteiger partial charge < -0.3 is 14.0 Å². The van der Waals surface area contributed by atoms with Crippen molar-refractivity contribution in [2.24, 2.45) is 9.98 Å². The van der Waals surface area contributed by atoms with Gasteiger partial charge in [-0.1, -0.05) is 127 Å². The summed E-state index contributed by atoms with van der Waals surface area (Å²) in [5.41, 5.74) is 3.64. The number of aliphatic imine (C=N–C) groups is 2. The topological polar surface area (TPSA) is 60.2 Å². The molecule has 5 nitrogen and oxygen atoms in total. The van der Waals surface area contributed by atoms with Gasteiger partial charge >= 0.3 is 0 Å². The van der Waals surface area contributed by atoms with Crippen molar-refractivity contribution < 1.29 is 14.0 Å². The van der Waals surface area contributed by atoms with Crippen molar-refractivity contribution in [1.82, 2.24) is 0 Å². The van der Waals surface area contributed by atoms with Gasteiger partial charge in [-0.3, -0.25) is 0 Å². The van der Waals surface area contributed by atoms with Crippen LogP contribution in [0.2, 0.25) is 0 Å². The monoisotopic (exact) mass is 568 g/mol. The lowest BCUT2D eigenvalue weighted by molar-refractivity contribution is 0.320. The molecule has 0 aromatic heterocycles. The second-order valence-corrected chi connectivity index (χ2v) is 13.0. The second-order valence-electron chi connectivity index (χ2n) is 10.3. The van der Waals surface area contributed by atoms with Crippen molar-refractivity contribution in [3.05, 3.63) is 162 Å². The number of hydrogen-bond donors (Lipinski definition) is 0. The van der Waals surface area contributed by atoms with Crippen molar-refractivity contribution in [3.63, 3.8) is 0 Å². The Morgan fingerprint density at radius 1 is 0.500 bits per heavy atom. The van der Waals surface area contributed by atoms with Crippen LogP contribution in [-0.2, 0) is 14.0 Å². The molecule has 0 radical (unpaired) electrons. The zero-order valence-electron chi connectivity index (χ0n) is 22.9. The first-order valence-corrected chi connectivity index (χ1v) is 15.8. The fraction of sp³-hybridized carbons (Fsp3) is 0.111. The van der Waals surface area contributed by atoms with Crippen LogP contribution < -0.4 is 15.9 Å². The minimum Gasteiger partial charge on any atom is -0.475 e. The summed E-state index contributed by atoms with van der Waals surface area (Å²) in [6, 6.07) is 45.2. The number of hydrogen-bond acceptors (Lipinski definition) is 5. The Kier molecular flexibility index (Phi) is 7.03. The summed E-state index contributed by atoms with van der Waals surface area (Å²) in [6.07, 6.45) is 0. The third-order valence-electron chi connectivity index (χ3n) is 7.74. The Bertz CT molecular complexity index is 1710.